The number of rotatable bonds is 0. The Balaban J connectivity index is 2.23. The van der Waals surface area contributed by atoms with Crippen molar-refractivity contribution in [2.24, 2.45) is 0 Å². The van der Waals surface area contributed by atoms with Crippen molar-refractivity contribution in [3.8, 4) is 11.8 Å². The van der Waals surface area contributed by atoms with Crippen molar-refractivity contribution in [2.45, 2.75) is 0 Å². The van der Waals surface area contributed by atoms with Crippen molar-refractivity contribution in [2.75, 3.05) is 0 Å². The van der Waals surface area contributed by atoms with Gasteiger partial charge in [-0.05, 0) is 24.0 Å². The second-order valence-electron chi connectivity index (χ2n) is 2.40. The predicted molar refractivity (Wildman–Crippen MR) is 48.8 cm³/mol. The monoisotopic (exact) mass is 169 g/mol. The van der Waals surface area contributed by atoms with E-state index in [4.69, 9.17) is 0 Å². The molecule has 3 nitrogen and oxygen atoms in total. The van der Waals surface area contributed by atoms with Gasteiger partial charge in [0.05, 0.1) is 0 Å². The van der Waals surface area contributed by atoms with Crippen molar-refractivity contribution < 1.29 is 0 Å². The summed E-state index contributed by atoms with van der Waals surface area (Å²) in [6.07, 6.45) is 5.12. The van der Waals surface area contributed by atoms with Gasteiger partial charge in [0, 0.05) is 18.6 Å². The van der Waals surface area contributed by atoms with E-state index in [-0.39, 0.29) is 0 Å². The lowest BCUT2D eigenvalue weighted by atomic mass is 10.3. The lowest BCUT2D eigenvalue weighted by molar-refractivity contribution is 1.25. The molecule has 2 aromatic rings. The van der Waals surface area contributed by atoms with Crippen molar-refractivity contribution in [3.05, 3.63) is 48.3 Å². The Morgan fingerprint density at radius 1 is 1.08 bits per heavy atom. The molecule has 0 bridgehead atoms. The molecule has 2 heterocycles. The third kappa shape index (κ3) is 1.94. The first-order chi connectivity index (χ1) is 6.45. The van der Waals surface area contributed by atoms with Gasteiger partial charge >= 0.3 is 0 Å². The Hall–Kier alpha value is -2.08. The highest BCUT2D eigenvalue weighted by atomic mass is 14.9. The molecule has 2 rings (SSSR count). The molecule has 0 aromatic carbocycles. The zero-order valence-electron chi connectivity index (χ0n) is 6.86. The molecule has 13 heavy (non-hydrogen) atoms. The summed E-state index contributed by atoms with van der Waals surface area (Å²) in [6.45, 7) is 0. The van der Waals surface area contributed by atoms with Gasteiger partial charge in [0.1, 0.15) is 5.69 Å². The second kappa shape index (κ2) is 3.55. The molecule has 0 fully saturated rings. The van der Waals surface area contributed by atoms with Crippen LogP contribution in [0.1, 0.15) is 11.5 Å². The van der Waals surface area contributed by atoms with Gasteiger partial charge in [0.25, 0.3) is 0 Å². The van der Waals surface area contributed by atoms with Crippen LogP contribution in [0.4, 0.5) is 0 Å². The zero-order chi connectivity index (χ0) is 8.93. The Morgan fingerprint density at radius 2 is 2.08 bits per heavy atom. The number of H-pyrrole nitrogens is 1. The SMILES string of the molecule is C(#Cc1ncc[nH]1)c1ccccn1. The number of nitrogens with zero attached hydrogens (tertiary/aromatic N) is 2. The van der Waals surface area contributed by atoms with E-state index >= 15 is 0 Å². The van der Waals surface area contributed by atoms with Gasteiger partial charge in [0.2, 0.25) is 0 Å². The summed E-state index contributed by atoms with van der Waals surface area (Å²) in [4.78, 5) is 10.9. The van der Waals surface area contributed by atoms with Crippen molar-refractivity contribution >= 4 is 0 Å². The summed E-state index contributed by atoms with van der Waals surface area (Å²) in [5.41, 5.74) is 0.749. The minimum atomic E-state index is 0.658. The van der Waals surface area contributed by atoms with Crippen LogP contribution in [0.15, 0.2) is 36.8 Å². The lowest BCUT2D eigenvalue weighted by Crippen LogP contribution is -1.80. The van der Waals surface area contributed by atoms with E-state index in [1.165, 1.54) is 0 Å². The van der Waals surface area contributed by atoms with Crippen LogP contribution in [0.3, 0.4) is 0 Å². The molecule has 0 spiro atoms. The maximum atomic E-state index is 4.06. The average Bonchev–Trinajstić information content (AvgIpc) is 2.69. The number of aromatic nitrogens is 3. The van der Waals surface area contributed by atoms with Crippen LogP contribution in [0.25, 0.3) is 0 Å². The Labute approximate surface area is 75.9 Å². The highest BCUT2D eigenvalue weighted by molar-refractivity contribution is 5.32. The van der Waals surface area contributed by atoms with Crippen molar-refractivity contribution in [1.29, 1.82) is 0 Å². The van der Waals surface area contributed by atoms with Crippen LogP contribution in [0, 0.1) is 11.8 Å². The first kappa shape index (κ1) is 7.56. The molecule has 0 saturated carbocycles. The fourth-order valence-electron chi connectivity index (χ4n) is 0.894. The normalized spacial score (nSPS) is 8.92. The zero-order valence-corrected chi connectivity index (χ0v) is 6.86. The number of imidazole rings is 1. The van der Waals surface area contributed by atoms with Crippen LogP contribution in [-0.2, 0) is 0 Å². The molecule has 0 saturated heterocycles. The van der Waals surface area contributed by atoms with Gasteiger partial charge in [-0.1, -0.05) is 6.07 Å². The summed E-state index contributed by atoms with van der Waals surface area (Å²) in [6, 6.07) is 5.62. The summed E-state index contributed by atoms with van der Waals surface area (Å²) < 4.78 is 0. The summed E-state index contributed by atoms with van der Waals surface area (Å²) in [7, 11) is 0. The number of aromatic amines is 1. The molecule has 62 valence electrons. The van der Waals surface area contributed by atoms with E-state index in [1.807, 2.05) is 18.2 Å². The van der Waals surface area contributed by atoms with Crippen LogP contribution < -0.4 is 0 Å². The molecule has 1 N–H and O–H groups in total. The molecular weight excluding hydrogens is 162 g/mol. The molecule has 0 aliphatic carbocycles. The molecule has 3 heteroatoms. The first-order valence-electron chi connectivity index (χ1n) is 3.87. The van der Waals surface area contributed by atoms with Crippen molar-refractivity contribution in [3.63, 3.8) is 0 Å². The Kier molecular flexibility index (Phi) is 2.06. The van der Waals surface area contributed by atoms with Gasteiger partial charge in [-0.3, -0.25) is 0 Å². The predicted octanol–water partition coefficient (Wildman–Crippen LogP) is 1.20. The third-order valence-electron chi connectivity index (χ3n) is 1.47. The highest BCUT2D eigenvalue weighted by Crippen LogP contribution is 1.90. The molecule has 0 atom stereocenters. The molecule has 2 aromatic heterocycles. The standard InChI is InChI=1S/C10H7N3/c1-2-6-11-9(3-1)4-5-10-12-7-8-13-10/h1-3,6-8H,(H,12,13). The minimum absolute atomic E-state index is 0.658. The van der Waals surface area contributed by atoms with E-state index in [1.54, 1.807) is 18.6 Å². The van der Waals surface area contributed by atoms with Crippen molar-refractivity contribution in [1.82, 2.24) is 15.0 Å². The lowest BCUT2D eigenvalue weighted by Gasteiger charge is -1.84. The third-order valence-corrected chi connectivity index (χ3v) is 1.47. The Morgan fingerprint density at radius 3 is 2.77 bits per heavy atom. The maximum Gasteiger partial charge on any atom is 0.183 e. The van der Waals surface area contributed by atoms with Gasteiger partial charge < -0.3 is 4.98 Å². The number of pyridine rings is 1. The number of nitrogens with one attached hydrogen (secondary N) is 1. The fourth-order valence-corrected chi connectivity index (χ4v) is 0.894. The van der Waals surface area contributed by atoms with E-state index in [2.05, 4.69) is 26.8 Å². The second-order valence-corrected chi connectivity index (χ2v) is 2.40. The van der Waals surface area contributed by atoms with E-state index < -0.39 is 0 Å². The van der Waals surface area contributed by atoms with E-state index in [0.29, 0.717) is 5.82 Å². The average molecular weight is 169 g/mol. The summed E-state index contributed by atoms with van der Waals surface area (Å²) in [5.74, 6) is 6.41. The van der Waals surface area contributed by atoms with Gasteiger partial charge in [0.15, 0.2) is 5.82 Å². The molecule has 0 radical (unpaired) electrons. The maximum absolute atomic E-state index is 4.06. The first-order valence-corrected chi connectivity index (χ1v) is 3.87. The molecular formula is C10H7N3. The van der Waals surface area contributed by atoms with Crippen LogP contribution in [0.5, 0.6) is 0 Å². The van der Waals surface area contributed by atoms with Gasteiger partial charge in [-0.25, -0.2) is 9.97 Å². The molecule has 0 unspecified atom stereocenters. The van der Waals surface area contributed by atoms with Crippen LogP contribution in [-0.4, -0.2) is 15.0 Å². The molecule has 0 amide bonds. The number of hydrogen-bond acceptors (Lipinski definition) is 2. The smallest absolute Gasteiger partial charge is 0.183 e. The van der Waals surface area contributed by atoms with Crippen LogP contribution >= 0.6 is 0 Å². The van der Waals surface area contributed by atoms with Crippen LogP contribution in [0.2, 0.25) is 0 Å². The summed E-state index contributed by atoms with van der Waals surface area (Å²) >= 11 is 0. The topological polar surface area (TPSA) is 41.6 Å². The Bertz CT molecular complexity index is 420. The summed E-state index contributed by atoms with van der Waals surface area (Å²) in [5, 5.41) is 0. The van der Waals surface area contributed by atoms with Gasteiger partial charge in [-0.2, -0.15) is 0 Å². The molecule has 0 aliphatic heterocycles. The molecule has 0 aliphatic rings. The minimum Gasteiger partial charge on any atom is -0.338 e. The quantitative estimate of drug-likeness (QED) is 0.602. The fraction of sp³-hybridized carbons (Fsp3) is 0. The van der Waals surface area contributed by atoms with E-state index in [9.17, 15) is 0 Å². The largest absolute Gasteiger partial charge is 0.338 e. The van der Waals surface area contributed by atoms with Gasteiger partial charge in [-0.15, -0.1) is 0 Å². The highest BCUT2D eigenvalue weighted by Gasteiger charge is 1.86. The number of hydrogen-bond donors (Lipinski definition) is 1. The van der Waals surface area contributed by atoms with E-state index in [0.717, 1.165) is 5.69 Å².